The fourth-order valence-corrected chi connectivity index (χ4v) is 2.49. The lowest BCUT2D eigenvalue weighted by Gasteiger charge is -2.15. The maximum Gasteiger partial charge on any atom is 0.332 e. The summed E-state index contributed by atoms with van der Waals surface area (Å²) in [6.07, 6.45) is 2.81. The number of carbonyl (C=O) groups is 1. The SMILES string of the molecule is COc1cc2c(c(O)c1OC)C/C(=N/NC(N)=O)CCC2. The monoisotopic (exact) mass is 293 g/mol. The topological polar surface area (TPSA) is 106 Å². The third-order valence-electron chi connectivity index (χ3n) is 3.46. The minimum Gasteiger partial charge on any atom is -0.504 e. The second-order valence-corrected chi connectivity index (χ2v) is 4.78. The van der Waals surface area contributed by atoms with Crippen LogP contribution in [0, 0.1) is 0 Å². The van der Waals surface area contributed by atoms with Gasteiger partial charge in [-0.3, -0.25) is 0 Å². The number of hydrogen-bond donors (Lipinski definition) is 3. The van der Waals surface area contributed by atoms with Gasteiger partial charge in [-0.1, -0.05) is 0 Å². The molecule has 0 aliphatic heterocycles. The van der Waals surface area contributed by atoms with E-state index in [1.165, 1.54) is 14.2 Å². The van der Waals surface area contributed by atoms with Crippen LogP contribution in [0.5, 0.6) is 17.2 Å². The van der Waals surface area contributed by atoms with Crippen molar-refractivity contribution in [1.29, 1.82) is 0 Å². The van der Waals surface area contributed by atoms with Crippen molar-refractivity contribution in [2.24, 2.45) is 10.8 Å². The molecular weight excluding hydrogens is 274 g/mol. The van der Waals surface area contributed by atoms with E-state index < -0.39 is 6.03 Å². The first kappa shape index (κ1) is 15.0. The first-order valence-corrected chi connectivity index (χ1v) is 6.63. The standard InChI is InChI=1S/C14H19N3O4/c1-20-11-6-8-4-3-5-9(16-17-14(15)19)7-10(8)12(18)13(11)21-2/h6,18H,3-5,7H2,1-2H3,(H3,15,17,19)/b16-9+. The van der Waals surface area contributed by atoms with Crippen molar-refractivity contribution in [2.45, 2.75) is 25.7 Å². The number of nitrogens with one attached hydrogen (secondary N) is 1. The number of hydrogen-bond acceptors (Lipinski definition) is 5. The highest BCUT2D eigenvalue weighted by atomic mass is 16.5. The second kappa shape index (κ2) is 6.34. The number of nitrogens with two attached hydrogens (primary N) is 1. The molecule has 0 heterocycles. The van der Waals surface area contributed by atoms with Gasteiger partial charge in [-0.2, -0.15) is 5.10 Å². The van der Waals surface area contributed by atoms with Crippen molar-refractivity contribution in [3.63, 3.8) is 0 Å². The normalized spacial score (nSPS) is 16.0. The molecule has 1 aliphatic rings. The summed E-state index contributed by atoms with van der Waals surface area (Å²) in [6, 6.07) is 1.17. The largest absolute Gasteiger partial charge is 0.504 e. The van der Waals surface area contributed by atoms with Crippen LogP contribution < -0.4 is 20.6 Å². The van der Waals surface area contributed by atoms with Gasteiger partial charge in [-0.25, -0.2) is 10.2 Å². The number of aryl methyl sites for hydroxylation is 1. The molecule has 0 atom stereocenters. The Morgan fingerprint density at radius 2 is 2.14 bits per heavy atom. The predicted molar refractivity (Wildman–Crippen MR) is 78.0 cm³/mol. The Morgan fingerprint density at radius 1 is 1.38 bits per heavy atom. The number of urea groups is 1. The molecule has 21 heavy (non-hydrogen) atoms. The molecule has 0 saturated heterocycles. The second-order valence-electron chi connectivity index (χ2n) is 4.78. The van der Waals surface area contributed by atoms with Crippen LogP contribution in [0.1, 0.15) is 24.0 Å². The lowest BCUT2D eigenvalue weighted by Crippen LogP contribution is -2.26. The number of aromatic hydroxyl groups is 1. The Labute approximate surface area is 122 Å². The van der Waals surface area contributed by atoms with Gasteiger partial charge >= 0.3 is 6.03 Å². The number of hydrazone groups is 1. The van der Waals surface area contributed by atoms with Crippen LogP contribution in [0.2, 0.25) is 0 Å². The quantitative estimate of drug-likeness (QED) is 0.577. The van der Waals surface area contributed by atoms with Crippen molar-refractivity contribution >= 4 is 11.7 Å². The van der Waals surface area contributed by atoms with E-state index in [-0.39, 0.29) is 5.75 Å². The number of carbonyl (C=O) groups excluding carboxylic acids is 1. The van der Waals surface area contributed by atoms with Crippen LogP contribution in [0.25, 0.3) is 0 Å². The van der Waals surface area contributed by atoms with Crippen molar-refractivity contribution in [3.05, 3.63) is 17.2 Å². The first-order valence-electron chi connectivity index (χ1n) is 6.63. The van der Waals surface area contributed by atoms with E-state index >= 15 is 0 Å². The number of methoxy groups -OCH3 is 2. The van der Waals surface area contributed by atoms with Crippen LogP contribution in [-0.2, 0) is 12.8 Å². The van der Waals surface area contributed by atoms with E-state index in [1.54, 1.807) is 0 Å². The Hall–Kier alpha value is -2.44. The number of ether oxygens (including phenoxy) is 2. The number of rotatable bonds is 3. The molecule has 2 amide bonds. The summed E-state index contributed by atoms with van der Waals surface area (Å²) >= 11 is 0. The molecule has 1 aromatic rings. The first-order chi connectivity index (χ1) is 10.1. The maximum atomic E-state index is 10.7. The summed E-state index contributed by atoms with van der Waals surface area (Å²) in [7, 11) is 3.01. The number of phenolic OH excluding ortho intramolecular Hbond substituents is 1. The molecule has 0 radical (unpaired) electrons. The van der Waals surface area contributed by atoms with Crippen molar-refractivity contribution in [3.8, 4) is 17.2 Å². The highest BCUT2D eigenvalue weighted by molar-refractivity contribution is 5.89. The molecule has 0 spiro atoms. The molecule has 0 fully saturated rings. The summed E-state index contributed by atoms with van der Waals surface area (Å²) in [6.45, 7) is 0. The number of nitrogens with zero attached hydrogens (tertiary/aromatic N) is 1. The van der Waals surface area contributed by atoms with Crippen LogP contribution in [0.15, 0.2) is 11.2 Å². The number of benzene rings is 1. The third kappa shape index (κ3) is 3.18. The van der Waals surface area contributed by atoms with E-state index in [0.29, 0.717) is 17.9 Å². The molecule has 1 aliphatic carbocycles. The summed E-state index contributed by atoms with van der Waals surface area (Å²) in [5.74, 6) is 0.866. The molecule has 0 unspecified atom stereocenters. The highest BCUT2D eigenvalue weighted by Gasteiger charge is 2.22. The fourth-order valence-electron chi connectivity index (χ4n) is 2.49. The molecule has 114 valence electrons. The van der Waals surface area contributed by atoms with Gasteiger partial charge in [0.2, 0.25) is 5.75 Å². The Balaban J connectivity index is 2.41. The van der Waals surface area contributed by atoms with Crippen LogP contribution in [0.3, 0.4) is 0 Å². The van der Waals surface area contributed by atoms with E-state index in [2.05, 4.69) is 10.5 Å². The van der Waals surface area contributed by atoms with Gasteiger partial charge in [0.1, 0.15) is 0 Å². The number of fused-ring (bicyclic) bond motifs is 1. The van der Waals surface area contributed by atoms with Crippen molar-refractivity contribution in [1.82, 2.24) is 5.43 Å². The van der Waals surface area contributed by atoms with Gasteiger partial charge < -0.3 is 20.3 Å². The Kier molecular flexibility index (Phi) is 4.52. The van der Waals surface area contributed by atoms with E-state index in [0.717, 1.165) is 36.1 Å². The van der Waals surface area contributed by atoms with Crippen LogP contribution in [-0.4, -0.2) is 31.1 Å². The van der Waals surface area contributed by atoms with Crippen molar-refractivity contribution in [2.75, 3.05) is 14.2 Å². The van der Waals surface area contributed by atoms with Gasteiger partial charge in [-0.15, -0.1) is 0 Å². The zero-order valence-corrected chi connectivity index (χ0v) is 12.1. The van der Waals surface area contributed by atoms with Gasteiger partial charge in [0.25, 0.3) is 0 Å². The van der Waals surface area contributed by atoms with Gasteiger partial charge in [0, 0.05) is 17.7 Å². The lowest BCUT2D eigenvalue weighted by molar-refractivity contribution is 0.249. The summed E-state index contributed by atoms with van der Waals surface area (Å²) < 4.78 is 10.4. The van der Waals surface area contributed by atoms with Crippen molar-refractivity contribution < 1.29 is 19.4 Å². The predicted octanol–water partition coefficient (Wildman–Crippen LogP) is 1.31. The molecule has 4 N–H and O–H groups in total. The van der Waals surface area contributed by atoms with Crippen LogP contribution in [0.4, 0.5) is 4.79 Å². The Morgan fingerprint density at radius 3 is 2.76 bits per heavy atom. The van der Waals surface area contributed by atoms with Gasteiger partial charge in [0.15, 0.2) is 11.5 Å². The zero-order valence-electron chi connectivity index (χ0n) is 12.1. The molecule has 1 aromatic carbocycles. The fraction of sp³-hybridized carbons (Fsp3) is 0.429. The number of phenols is 1. The van der Waals surface area contributed by atoms with E-state index in [9.17, 15) is 9.90 Å². The average Bonchev–Trinajstić information content (AvgIpc) is 2.67. The van der Waals surface area contributed by atoms with Gasteiger partial charge in [-0.05, 0) is 30.9 Å². The van der Waals surface area contributed by atoms with Gasteiger partial charge in [0.05, 0.1) is 14.2 Å². The minimum atomic E-state index is -0.705. The Bertz CT molecular complexity index is 584. The molecule has 0 bridgehead atoms. The molecule has 0 aromatic heterocycles. The van der Waals surface area contributed by atoms with E-state index in [4.69, 9.17) is 15.2 Å². The number of primary amides is 1. The maximum absolute atomic E-state index is 10.7. The summed E-state index contributed by atoms with van der Waals surface area (Å²) in [4.78, 5) is 10.7. The molecular formula is C14H19N3O4. The molecule has 7 heteroatoms. The third-order valence-corrected chi connectivity index (χ3v) is 3.46. The average molecular weight is 293 g/mol. The zero-order chi connectivity index (χ0) is 15.4. The molecule has 2 rings (SSSR count). The van der Waals surface area contributed by atoms with E-state index in [1.807, 2.05) is 6.07 Å². The van der Waals surface area contributed by atoms with Crippen LogP contribution >= 0.6 is 0 Å². The number of amides is 2. The highest BCUT2D eigenvalue weighted by Crippen LogP contribution is 2.42. The molecule has 7 nitrogen and oxygen atoms in total. The molecule has 0 saturated carbocycles. The summed E-state index contributed by atoms with van der Waals surface area (Å²) in [5.41, 5.74) is 9.75. The smallest absolute Gasteiger partial charge is 0.332 e. The minimum absolute atomic E-state index is 0.0560. The summed E-state index contributed by atoms with van der Waals surface area (Å²) in [5, 5.41) is 14.4. The lowest BCUT2D eigenvalue weighted by atomic mass is 10.00.